The van der Waals surface area contributed by atoms with Gasteiger partial charge in [0.2, 0.25) is 11.9 Å². The second-order valence-corrected chi connectivity index (χ2v) is 6.96. The number of amides is 3. The Bertz CT molecular complexity index is 1010. The van der Waals surface area contributed by atoms with Crippen LogP contribution in [0.15, 0.2) is 48.5 Å². The SMILES string of the molecule is COc1ccccc1N1CCN(C(=O)NCC(=O)Nc2nc3ccccc3[nH]2)CC1. The number of aromatic amines is 1. The van der Waals surface area contributed by atoms with Gasteiger partial charge < -0.3 is 24.8 Å². The van der Waals surface area contributed by atoms with Crippen molar-refractivity contribution < 1.29 is 14.3 Å². The number of nitrogens with zero attached hydrogens (tertiary/aromatic N) is 3. The van der Waals surface area contributed by atoms with Crippen LogP contribution in [0.3, 0.4) is 0 Å². The molecule has 0 atom stereocenters. The largest absolute Gasteiger partial charge is 0.495 e. The predicted octanol–water partition coefficient (Wildman–Crippen LogP) is 2.04. The molecule has 9 heteroatoms. The van der Waals surface area contributed by atoms with Gasteiger partial charge in [-0.05, 0) is 24.3 Å². The number of hydrogen-bond donors (Lipinski definition) is 3. The molecule has 1 saturated heterocycles. The Hall–Kier alpha value is -3.75. The van der Waals surface area contributed by atoms with Crippen molar-refractivity contribution in [3.8, 4) is 5.75 Å². The number of para-hydroxylation sites is 4. The highest BCUT2D eigenvalue weighted by molar-refractivity contribution is 5.94. The van der Waals surface area contributed by atoms with Crippen LogP contribution in [0.5, 0.6) is 5.75 Å². The molecular formula is C21H24N6O3. The molecule has 0 unspecified atom stereocenters. The van der Waals surface area contributed by atoms with Crippen LogP contribution >= 0.6 is 0 Å². The van der Waals surface area contributed by atoms with Crippen molar-refractivity contribution in [2.45, 2.75) is 0 Å². The van der Waals surface area contributed by atoms with E-state index >= 15 is 0 Å². The zero-order chi connectivity index (χ0) is 20.9. The molecule has 0 spiro atoms. The topological polar surface area (TPSA) is 103 Å². The van der Waals surface area contributed by atoms with Gasteiger partial charge in [-0.25, -0.2) is 9.78 Å². The van der Waals surface area contributed by atoms with Gasteiger partial charge in [-0.15, -0.1) is 0 Å². The van der Waals surface area contributed by atoms with E-state index in [-0.39, 0.29) is 18.5 Å². The first kappa shape index (κ1) is 19.6. The molecular weight excluding hydrogens is 384 g/mol. The van der Waals surface area contributed by atoms with Crippen molar-refractivity contribution >= 4 is 34.6 Å². The highest BCUT2D eigenvalue weighted by atomic mass is 16.5. The lowest BCUT2D eigenvalue weighted by molar-refractivity contribution is -0.115. The van der Waals surface area contributed by atoms with Gasteiger partial charge in [-0.2, -0.15) is 0 Å². The Balaban J connectivity index is 1.25. The van der Waals surface area contributed by atoms with Gasteiger partial charge in [0.1, 0.15) is 5.75 Å². The molecule has 2 heterocycles. The van der Waals surface area contributed by atoms with Gasteiger partial charge in [-0.1, -0.05) is 24.3 Å². The molecule has 3 aromatic rings. The first-order valence-electron chi connectivity index (χ1n) is 9.79. The fraction of sp³-hybridized carbons (Fsp3) is 0.286. The molecule has 0 saturated carbocycles. The van der Waals surface area contributed by atoms with Crippen LogP contribution in [0.25, 0.3) is 11.0 Å². The Kier molecular flexibility index (Phi) is 5.69. The van der Waals surface area contributed by atoms with Crippen molar-refractivity contribution in [1.82, 2.24) is 20.2 Å². The molecule has 2 aromatic carbocycles. The third-order valence-corrected chi connectivity index (χ3v) is 5.04. The van der Waals surface area contributed by atoms with E-state index in [0.717, 1.165) is 22.5 Å². The minimum atomic E-state index is -0.338. The maximum atomic E-state index is 12.4. The van der Waals surface area contributed by atoms with Crippen LogP contribution in [-0.4, -0.2) is 66.6 Å². The summed E-state index contributed by atoms with van der Waals surface area (Å²) in [5, 5.41) is 5.34. The van der Waals surface area contributed by atoms with Crippen LogP contribution in [-0.2, 0) is 4.79 Å². The molecule has 3 N–H and O–H groups in total. The average molecular weight is 408 g/mol. The molecule has 0 aliphatic carbocycles. The van der Waals surface area contributed by atoms with Gasteiger partial charge in [0.15, 0.2) is 0 Å². The number of imidazole rings is 1. The van der Waals surface area contributed by atoms with Gasteiger partial charge in [0.05, 0.1) is 30.4 Å². The van der Waals surface area contributed by atoms with Gasteiger partial charge >= 0.3 is 6.03 Å². The molecule has 0 bridgehead atoms. The Labute approximate surface area is 174 Å². The van der Waals surface area contributed by atoms with Crippen LogP contribution in [0.2, 0.25) is 0 Å². The van der Waals surface area contributed by atoms with Crippen molar-refractivity contribution in [2.75, 3.05) is 50.1 Å². The molecule has 0 radical (unpaired) electrons. The molecule has 3 amide bonds. The first-order chi connectivity index (χ1) is 14.6. The molecule has 1 aromatic heterocycles. The minimum absolute atomic E-state index is 0.122. The lowest BCUT2D eigenvalue weighted by Gasteiger charge is -2.36. The van der Waals surface area contributed by atoms with Gasteiger partial charge in [0.25, 0.3) is 0 Å². The number of H-pyrrole nitrogens is 1. The second kappa shape index (κ2) is 8.73. The third-order valence-electron chi connectivity index (χ3n) is 5.04. The normalized spacial score (nSPS) is 13.9. The monoisotopic (exact) mass is 408 g/mol. The smallest absolute Gasteiger partial charge is 0.317 e. The fourth-order valence-corrected chi connectivity index (χ4v) is 3.50. The van der Waals surface area contributed by atoms with Crippen LogP contribution in [0, 0.1) is 0 Å². The number of carbonyl (C=O) groups excluding carboxylic acids is 2. The number of ether oxygens (including phenoxy) is 1. The fourth-order valence-electron chi connectivity index (χ4n) is 3.50. The molecule has 9 nitrogen and oxygen atoms in total. The number of nitrogens with one attached hydrogen (secondary N) is 3. The van der Waals surface area contributed by atoms with Crippen LogP contribution in [0.1, 0.15) is 0 Å². The quantitative estimate of drug-likeness (QED) is 0.600. The van der Waals surface area contributed by atoms with E-state index in [9.17, 15) is 9.59 Å². The number of methoxy groups -OCH3 is 1. The number of hydrogen-bond acceptors (Lipinski definition) is 5. The number of urea groups is 1. The third kappa shape index (κ3) is 4.29. The van der Waals surface area contributed by atoms with Crippen molar-refractivity contribution in [3.63, 3.8) is 0 Å². The van der Waals surface area contributed by atoms with Crippen LogP contribution in [0.4, 0.5) is 16.4 Å². The summed E-state index contributed by atoms with van der Waals surface area (Å²) in [5.41, 5.74) is 2.62. The zero-order valence-electron chi connectivity index (χ0n) is 16.7. The van der Waals surface area contributed by atoms with Crippen molar-refractivity contribution in [3.05, 3.63) is 48.5 Å². The average Bonchev–Trinajstić information content (AvgIpc) is 3.19. The number of rotatable bonds is 5. The number of benzene rings is 2. The molecule has 30 heavy (non-hydrogen) atoms. The number of piperazine rings is 1. The Morgan fingerprint density at radius 2 is 1.80 bits per heavy atom. The summed E-state index contributed by atoms with van der Waals surface area (Å²) in [5.74, 6) is 0.841. The van der Waals surface area contributed by atoms with Gasteiger partial charge in [0, 0.05) is 26.2 Å². The van der Waals surface area contributed by atoms with Crippen molar-refractivity contribution in [2.24, 2.45) is 0 Å². The molecule has 1 aliphatic heterocycles. The number of fused-ring (bicyclic) bond motifs is 1. The zero-order valence-corrected chi connectivity index (χ0v) is 16.7. The van der Waals surface area contributed by atoms with E-state index in [2.05, 4.69) is 25.5 Å². The Morgan fingerprint density at radius 3 is 2.57 bits per heavy atom. The van der Waals surface area contributed by atoms with E-state index in [4.69, 9.17) is 4.74 Å². The highest BCUT2D eigenvalue weighted by Gasteiger charge is 2.23. The highest BCUT2D eigenvalue weighted by Crippen LogP contribution is 2.28. The van der Waals surface area contributed by atoms with E-state index in [1.807, 2.05) is 48.5 Å². The standard InChI is InChI=1S/C21H24N6O3/c1-30-18-9-5-4-8-17(18)26-10-12-27(13-11-26)21(29)22-14-19(28)25-20-23-15-6-2-3-7-16(15)24-20/h2-9H,10-14H2,1H3,(H,22,29)(H2,23,24,25,28). The second-order valence-electron chi connectivity index (χ2n) is 6.96. The lowest BCUT2D eigenvalue weighted by Crippen LogP contribution is -2.52. The summed E-state index contributed by atoms with van der Waals surface area (Å²) in [7, 11) is 1.65. The first-order valence-corrected chi connectivity index (χ1v) is 9.79. The lowest BCUT2D eigenvalue weighted by atomic mass is 10.2. The molecule has 1 fully saturated rings. The van der Waals surface area contributed by atoms with E-state index in [1.165, 1.54) is 0 Å². The summed E-state index contributed by atoms with van der Waals surface area (Å²) in [6.45, 7) is 2.39. The summed E-state index contributed by atoms with van der Waals surface area (Å²) >= 11 is 0. The molecule has 156 valence electrons. The maximum Gasteiger partial charge on any atom is 0.317 e. The summed E-state index contributed by atoms with van der Waals surface area (Å²) in [6.07, 6.45) is 0. The predicted molar refractivity (Wildman–Crippen MR) is 115 cm³/mol. The Morgan fingerprint density at radius 1 is 1.07 bits per heavy atom. The van der Waals surface area contributed by atoms with Gasteiger partial charge in [-0.3, -0.25) is 10.1 Å². The number of aromatic nitrogens is 2. The summed E-state index contributed by atoms with van der Waals surface area (Å²) in [6, 6.07) is 15.1. The van der Waals surface area contributed by atoms with Crippen molar-refractivity contribution in [1.29, 1.82) is 0 Å². The van der Waals surface area contributed by atoms with E-state index in [1.54, 1.807) is 12.0 Å². The van der Waals surface area contributed by atoms with Crippen LogP contribution < -0.4 is 20.3 Å². The minimum Gasteiger partial charge on any atom is -0.495 e. The van der Waals surface area contributed by atoms with E-state index < -0.39 is 0 Å². The number of carbonyl (C=O) groups is 2. The summed E-state index contributed by atoms with van der Waals surface area (Å²) < 4.78 is 5.42. The molecule has 4 rings (SSSR count). The maximum absolute atomic E-state index is 12.4. The van der Waals surface area contributed by atoms with E-state index in [0.29, 0.717) is 32.1 Å². The molecule has 1 aliphatic rings. The summed E-state index contributed by atoms with van der Waals surface area (Å²) in [4.78, 5) is 35.8. The number of anilines is 2.